The van der Waals surface area contributed by atoms with Crippen molar-refractivity contribution in [1.82, 2.24) is 0 Å². The van der Waals surface area contributed by atoms with Gasteiger partial charge in [0.2, 0.25) is 0 Å². The smallest absolute Gasteiger partial charge is 0.341 e. The second-order valence-corrected chi connectivity index (χ2v) is 8.85. The van der Waals surface area contributed by atoms with Crippen molar-refractivity contribution in [1.29, 1.82) is 0 Å². The quantitative estimate of drug-likeness (QED) is 0.475. The molecule has 1 N–H and O–H groups in total. The van der Waals surface area contributed by atoms with Crippen LogP contribution in [0.3, 0.4) is 0 Å². The molecule has 2 aromatic carbocycles. The second-order valence-electron chi connectivity index (χ2n) is 6.15. The summed E-state index contributed by atoms with van der Waals surface area (Å²) >= 11 is 0.933. The van der Waals surface area contributed by atoms with Gasteiger partial charge in [0, 0.05) is 0 Å². The van der Waals surface area contributed by atoms with Gasteiger partial charge in [-0.05, 0) is 49.2 Å². The van der Waals surface area contributed by atoms with Gasteiger partial charge in [0.1, 0.15) is 5.00 Å². The van der Waals surface area contributed by atoms with E-state index in [1.54, 1.807) is 26.0 Å². The van der Waals surface area contributed by atoms with Crippen molar-refractivity contribution < 1.29 is 22.7 Å². The van der Waals surface area contributed by atoms with E-state index in [1.165, 1.54) is 13.0 Å². The van der Waals surface area contributed by atoms with E-state index < -0.39 is 16.0 Å². The highest BCUT2D eigenvalue weighted by Gasteiger charge is 2.27. The Kier molecular flexibility index (Phi) is 5.53. The SMILES string of the molecule is CCOC(=O)c1c(NS(=O)(=O)c2ccc3ccccc3c2)sc(C(C)=O)c1C. The number of benzene rings is 2. The lowest BCUT2D eigenvalue weighted by Crippen LogP contribution is -2.15. The van der Waals surface area contributed by atoms with Gasteiger partial charge in [-0.1, -0.05) is 30.3 Å². The number of hydrogen-bond donors (Lipinski definition) is 1. The first-order valence-corrected chi connectivity index (χ1v) is 10.9. The van der Waals surface area contributed by atoms with Crippen molar-refractivity contribution in [2.45, 2.75) is 25.7 Å². The summed E-state index contributed by atoms with van der Waals surface area (Å²) in [6.07, 6.45) is 0. The maximum Gasteiger partial charge on any atom is 0.341 e. The fraction of sp³-hybridized carbons (Fsp3) is 0.200. The number of sulfonamides is 1. The number of rotatable bonds is 6. The van der Waals surface area contributed by atoms with E-state index in [-0.39, 0.29) is 27.9 Å². The molecule has 0 spiro atoms. The maximum atomic E-state index is 12.9. The van der Waals surface area contributed by atoms with E-state index in [0.717, 1.165) is 22.1 Å². The number of carbonyl (C=O) groups excluding carboxylic acids is 2. The van der Waals surface area contributed by atoms with E-state index in [4.69, 9.17) is 4.74 Å². The molecular formula is C20H19NO5S2. The van der Waals surface area contributed by atoms with Crippen LogP contribution in [0.2, 0.25) is 0 Å². The van der Waals surface area contributed by atoms with Crippen LogP contribution in [-0.2, 0) is 14.8 Å². The molecule has 0 amide bonds. The lowest BCUT2D eigenvalue weighted by atomic mass is 10.1. The van der Waals surface area contributed by atoms with Crippen LogP contribution in [-0.4, -0.2) is 26.8 Å². The van der Waals surface area contributed by atoms with Crippen LogP contribution in [0.5, 0.6) is 0 Å². The third-order valence-corrected chi connectivity index (χ3v) is 6.99. The number of esters is 1. The molecule has 146 valence electrons. The van der Waals surface area contributed by atoms with E-state index in [9.17, 15) is 18.0 Å². The first-order chi connectivity index (χ1) is 13.2. The lowest BCUT2D eigenvalue weighted by Gasteiger charge is -2.10. The molecule has 1 aromatic heterocycles. The van der Waals surface area contributed by atoms with Crippen molar-refractivity contribution in [3.05, 3.63) is 58.5 Å². The molecular weight excluding hydrogens is 398 g/mol. The molecule has 0 radical (unpaired) electrons. The number of ketones is 1. The largest absolute Gasteiger partial charge is 0.462 e. The van der Waals surface area contributed by atoms with E-state index >= 15 is 0 Å². The Morgan fingerprint density at radius 3 is 2.43 bits per heavy atom. The van der Waals surface area contributed by atoms with Gasteiger partial charge in [-0.3, -0.25) is 9.52 Å². The van der Waals surface area contributed by atoms with E-state index in [1.807, 2.05) is 24.3 Å². The molecule has 0 saturated heterocycles. The Morgan fingerprint density at radius 2 is 1.79 bits per heavy atom. The van der Waals surface area contributed by atoms with Gasteiger partial charge in [0.05, 0.1) is 21.9 Å². The van der Waals surface area contributed by atoms with Gasteiger partial charge in [-0.25, -0.2) is 13.2 Å². The normalized spacial score (nSPS) is 11.4. The predicted octanol–water partition coefficient (Wildman–Crippen LogP) is 4.39. The zero-order valence-electron chi connectivity index (χ0n) is 15.6. The molecule has 0 aliphatic heterocycles. The fourth-order valence-electron chi connectivity index (χ4n) is 2.89. The van der Waals surface area contributed by atoms with Crippen LogP contribution in [0.15, 0.2) is 47.4 Å². The molecule has 0 aliphatic carbocycles. The highest BCUT2D eigenvalue weighted by atomic mass is 32.2. The fourth-order valence-corrected chi connectivity index (χ4v) is 5.32. The third-order valence-electron chi connectivity index (χ3n) is 4.20. The Morgan fingerprint density at radius 1 is 1.11 bits per heavy atom. The molecule has 0 atom stereocenters. The third kappa shape index (κ3) is 3.79. The Hall–Kier alpha value is -2.71. The van der Waals surface area contributed by atoms with Gasteiger partial charge >= 0.3 is 5.97 Å². The van der Waals surface area contributed by atoms with Gasteiger partial charge in [-0.2, -0.15) is 0 Å². The Labute approximate surface area is 167 Å². The number of carbonyl (C=O) groups is 2. The summed E-state index contributed by atoms with van der Waals surface area (Å²) in [5, 5.41) is 1.77. The average molecular weight is 418 g/mol. The standard InChI is InChI=1S/C20H19NO5S2/c1-4-26-20(23)17-12(2)18(13(3)22)27-19(17)21-28(24,25)16-10-9-14-7-5-6-8-15(14)11-16/h5-11,21H,4H2,1-3H3. The molecule has 0 bridgehead atoms. The zero-order valence-corrected chi connectivity index (χ0v) is 17.2. The van der Waals surface area contributed by atoms with Crippen molar-refractivity contribution in [2.75, 3.05) is 11.3 Å². The number of nitrogens with one attached hydrogen (secondary N) is 1. The van der Waals surface area contributed by atoms with Crippen LogP contribution in [0.25, 0.3) is 10.8 Å². The summed E-state index contributed by atoms with van der Waals surface area (Å²) in [5.74, 6) is -0.913. The average Bonchev–Trinajstić information content (AvgIpc) is 2.97. The van der Waals surface area contributed by atoms with Crippen molar-refractivity contribution in [3.8, 4) is 0 Å². The lowest BCUT2D eigenvalue weighted by molar-refractivity contribution is 0.0527. The first-order valence-electron chi connectivity index (χ1n) is 8.57. The number of anilines is 1. The number of thiophene rings is 1. The number of ether oxygens (including phenoxy) is 1. The van der Waals surface area contributed by atoms with Gasteiger partial charge in [0.25, 0.3) is 10.0 Å². The molecule has 1 heterocycles. The minimum atomic E-state index is -3.96. The summed E-state index contributed by atoms with van der Waals surface area (Å²) < 4.78 is 33.4. The number of fused-ring (bicyclic) bond motifs is 1. The van der Waals surface area contributed by atoms with Gasteiger partial charge in [0.15, 0.2) is 5.78 Å². The zero-order chi connectivity index (χ0) is 20.5. The highest BCUT2D eigenvalue weighted by molar-refractivity contribution is 7.93. The molecule has 0 unspecified atom stereocenters. The second kappa shape index (κ2) is 7.73. The van der Waals surface area contributed by atoms with Gasteiger partial charge < -0.3 is 4.74 Å². The number of Topliss-reactive ketones (excluding diaryl/α,β-unsaturated/α-hetero) is 1. The molecule has 3 aromatic rings. The summed E-state index contributed by atoms with van der Waals surface area (Å²) in [5.41, 5.74) is 0.480. The van der Waals surface area contributed by atoms with Crippen LogP contribution in [0.4, 0.5) is 5.00 Å². The van der Waals surface area contributed by atoms with Crippen molar-refractivity contribution in [3.63, 3.8) is 0 Å². The molecule has 6 nitrogen and oxygen atoms in total. The van der Waals surface area contributed by atoms with Crippen LogP contribution in [0.1, 0.15) is 39.4 Å². The molecule has 0 saturated carbocycles. The topological polar surface area (TPSA) is 89.5 Å². The molecule has 0 fully saturated rings. The molecule has 0 aliphatic rings. The summed E-state index contributed by atoms with van der Waals surface area (Å²) in [7, 11) is -3.96. The summed E-state index contributed by atoms with van der Waals surface area (Å²) in [4.78, 5) is 24.6. The number of hydrogen-bond acceptors (Lipinski definition) is 6. The van der Waals surface area contributed by atoms with E-state index in [0.29, 0.717) is 10.4 Å². The molecule has 3 rings (SSSR count). The Bertz CT molecular complexity index is 1180. The summed E-state index contributed by atoms with van der Waals surface area (Å²) in [6.45, 7) is 4.77. The minimum absolute atomic E-state index is 0.0661. The predicted molar refractivity (Wildman–Crippen MR) is 110 cm³/mol. The van der Waals surface area contributed by atoms with E-state index in [2.05, 4.69) is 4.72 Å². The summed E-state index contributed by atoms with van der Waals surface area (Å²) in [6, 6.07) is 12.2. The first kappa shape index (κ1) is 20.0. The minimum Gasteiger partial charge on any atom is -0.462 e. The van der Waals surface area contributed by atoms with Gasteiger partial charge in [-0.15, -0.1) is 11.3 Å². The highest BCUT2D eigenvalue weighted by Crippen LogP contribution is 2.35. The molecule has 28 heavy (non-hydrogen) atoms. The Balaban J connectivity index is 2.06. The maximum absolute atomic E-state index is 12.9. The van der Waals surface area contributed by atoms with Crippen molar-refractivity contribution >= 4 is 48.9 Å². The monoisotopic (exact) mass is 417 g/mol. The van der Waals surface area contributed by atoms with Crippen LogP contribution in [0, 0.1) is 6.92 Å². The van der Waals surface area contributed by atoms with Crippen LogP contribution >= 0.6 is 11.3 Å². The molecule has 8 heteroatoms. The van der Waals surface area contributed by atoms with Crippen LogP contribution < -0.4 is 4.72 Å². The van der Waals surface area contributed by atoms with Crippen molar-refractivity contribution in [2.24, 2.45) is 0 Å².